The van der Waals surface area contributed by atoms with Crippen molar-refractivity contribution < 1.29 is 0 Å². The van der Waals surface area contributed by atoms with E-state index in [9.17, 15) is 0 Å². The van der Waals surface area contributed by atoms with E-state index in [1.807, 2.05) is 13.8 Å². The minimum Gasteiger partial charge on any atom is -0.287 e. The number of nitrogens with zero attached hydrogens (tertiary/aromatic N) is 2. The molecule has 0 rings (SSSR count). The molecular formula is C10H19N3. The van der Waals surface area contributed by atoms with Gasteiger partial charge in [-0.15, -0.1) is 0 Å². The highest BCUT2D eigenvalue weighted by Crippen LogP contribution is 2.06. The van der Waals surface area contributed by atoms with Gasteiger partial charge in [-0.1, -0.05) is 13.8 Å². The summed E-state index contributed by atoms with van der Waals surface area (Å²) in [5, 5.41) is 7.28. The van der Waals surface area contributed by atoms with E-state index in [0.717, 1.165) is 18.0 Å². The molecule has 1 atom stereocenters. The summed E-state index contributed by atoms with van der Waals surface area (Å²) >= 11 is 0. The zero-order valence-corrected chi connectivity index (χ0v) is 9.18. The van der Waals surface area contributed by atoms with Gasteiger partial charge in [0.05, 0.1) is 0 Å². The third kappa shape index (κ3) is 5.28. The summed E-state index contributed by atoms with van der Waals surface area (Å²) in [5.74, 6) is 1.42. The lowest BCUT2D eigenvalue weighted by Crippen LogP contribution is -2.10. The van der Waals surface area contributed by atoms with E-state index in [1.54, 1.807) is 6.92 Å². The Morgan fingerprint density at radius 2 is 1.77 bits per heavy atom. The van der Waals surface area contributed by atoms with Crippen molar-refractivity contribution in [2.24, 2.45) is 15.9 Å². The fourth-order valence-corrected chi connectivity index (χ4v) is 0.829. The molecule has 3 heteroatoms. The highest BCUT2D eigenvalue weighted by atomic mass is 15.0. The van der Waals surface area contributed by atoms with Crippen LogP contribution >= 0.6 is 0 Å². The number of amidine groups is 2. The minimum absolute atomic E-state index is 0.320. The predicted molar refractivity (Wildman–Crippen MR) is 59.1 cm³/mol. The fourth-order valence-electron chi connectivity index (χ4n) is 0.829. The topological polar surface area (TPSA) is 48.6 Å². The molecule has 0 saturated carbocycles. The second-order valence-corrected chi connectivity index (χ2v) is 3.42. The zero-order chi connectivity index (χ0) is 10.4. The molecule has 0 spiro atoms. The van der Waals surface area contributed by atoms with Gasteiger partial charge >= 0.3 is 0 Å². The van der Waals surface area contributed by atoms with Crippen LogP contribution in [0.3, 0.4) is 0 Å². The van der Waals surface area contributed by atoms with Crippen molar-refractivity contribution in [2.75, 3.05) is 0 Å². The monoisotopic (exact) mass is 181 g/mol. The number of hydrogen-bond donors (Lipinski definition) is 1. The standard InChI is InChI=1S/C10H19N3/c1-6-8(4)10(12-7(2)3)13-9(5)11/h8,11H,6H2,1-5H3/t8-/m0/s1. The molecule has 1 N–H and O–H groups in total. The van der Waals surface area contributed by atoms with Crippen LogP contribution in [0.4, 0.5) is 0 Å². The average molecular weight is 181 g/mol. The number of nitrogens with one attached hydrogen (secondary N) is 1. The summed E-state index contributed by atoms with van der Waals surface area (Å²) in [6, 6.07) is 0. The lowest BCUT2D eigenvalue weighted by molar-refractivity contribution is 0.733. The molecule has 0 unspecified atom stereocenters. The molecule has 0 amide bonds. The van der Waals surface area contributed by atoms with E-state index in [0.29, 0.717) is 11.8 Å². The van der Waals surface area contributed by atoms with Crippen LogP contribution in [0.5, 0.6) is 0 Å². The van der Waals surface area contributed by atoms with Gasteiger partial charge in [-0.25, -0.2) is 9.98 Å². The molecule has 0 aromatic heterocycles. The quantitative estimate of drug-likeness (QED) is 0.503. The zero-order valence-electron chi connectivity index (χ0n) is 9.18. The lowest BCUT2D eigenvalue weighted by Gasteiger charge is -2.08. The van der Waals surface area contributed by atoms with Crippen LogP contribution in [0, 0.1) is 11.3 Å². The minimum atomic E-state index is 0.320. The van der Waals surface area contributed by atoms with Crippen molar-refractivity contribution in [3.05, 3.63) is 0 Å². The Hall–Kier alpha value is -0.990. The van der Waals surface area contributed by atoms with Crippen molar-refractivity contribution >= 4 is 17.4 Å². The van der Waals surface area contributed by atoms with Crippen LogP contribution in [0.1, 0.15) is 41.0 Å². The first-order valence-electron chi connectivity index (χ1n) is 4.63. The van der Waals surface area contributed by atoms with E-state index >= 15 is 0 Å². The van der Waals surface area contributed by atoms with Gasteiger partial charge < -0.3 is 0 Å². The lowest BCUT2D eigenvalue weighted by atomic mass is 10.1. The molecule has 0 radical (unpaired) electrons. The maximum atomic E-state index is 7.28. The summed E-state index contributed by atoms with van der Waals surface area (Å²) in [5.41, 5.74) is 0.986. The van der Waals surface area contributed by atoms with Gasteiger partial charge in [-0.2, -0.15) is 0 Å². The first kappa shape index (κ1) is 12.0. The third-order valence-electron chi connectivity index (χ3n) is 1.67. The van der Waals surface area contributed by atoms with E-state index < -0.39 is 0 Å². The fraction of sp³-hybridized carbons (Fsp3) is 0.700. The highest BCUT2D eigenvalue weighted by Gasteiger charge is 2.07. The van der Waals surface area contributed by atoms with Gasteiger partial charge in [0, 0.05) is 11.6 Å². The molecule has 0 aromatic carbocycles. The molecular weight excluding hydrogens is 162 g/mol. The van der Waals surface area contributed by atoms with Crippen molar-refractivity contribution in [3.8, 4) is 0 Å². The molecule has 0 aliphatic rings. The van der Waals surface area contributed by atoms with Crippen molar-refractivity contribution in [1.82, 2.24) is 0 Å². The highest BCUT2D eigenvalue weighted by molar-refractivity contribution is 6.02. The van der Waals surface area contributed by atoms with Crippen LogP contribution in [-0.2, 0) is 0 Å². The molecule has 13 heavy (non-hydrogen) atoms. The van der Waals surface area contributed by atoms with Crippen molar-refractivity contribution in [1.29, 1.82) is 5.41 Å². The Morgan fingerprint density at radius 1 is 1.23 bits per heavy atom. The largest absolute Gasteiger partial charge is 0.287 e. The van der Waals surface area contributed by atoms with Gasteiger partial charge in [0.15, 0.2) is 0 Å². The van der Waals surface area contributed by atoms with Gasteiger partial charge in [-0.3, -0.25) is 5.41 Å². The van der Waals surface area contributed by atoms with E-state index in [-0.39, 0.29) is 0 Å². The summed E-state index contributed by atoms with van der Waals surface area (Å²) < 4.78 is 0. The molecule has 3 nitrogen and oxygen atoms in total. The van der Waals surface area contributed by atoms with Crippen molar-refractivity contribution in [3.63, 3.8) is 0 Å². The summed E-state index contributed by atoms with van der Waals surface area (Å²) in [6.07, 6.45) is 1.00. The Labute approximate surface area is 80.5 Å². The SMILES string of the molecule is CC[C@H](C)C(N=C(C)C)=NC(C)=N. The first-order chi connectivity index (χ1) is 5.97. The first-order valence-corrected chi connectivity index (χ1v) is 4.63. The number of aliphatic imine (C=N–C) groups is 2. The van der Waals surface area contributed by atoms with Crippen molar-refractivity contribution in [2.45, 2.75) is 41.0 Å². The summed E-state index contributed by atoms with van der Waals surface area (Å²) in [4.78, 5) is 8.41. The Kier molecular flexibility index (Phi) is 5.19. The van der Waals surface area contributed by atoms with Gasteiger partial charge in [0.1, 0.15) is 11.7 Å². The summed E-state index contributed by atoms with van der Waals surface area (Å²) in [6.45, 7) is 9.73. The van der Waals surface area contributed by atoms with Gasteiger partial charge in [-0.05, 0) is 27.2 Å². The number of hydrogen-bond acceptors (Lipinski definition) is 1. The molecule has 0 heterocycles. The molecule has 0 aliphatic heterocycles. The summed E-state index contributed by atoms with van der Waals surface area (Å²) in [7, 11) is 0. The molecule has 0 saturated heterocycles. The van der Waals surface area contributed by atoms with Crippen LogP contribution in [0.15, 0.2) is 9.98 Å². The molecule has 0 bridgehead atoms. The predicted octanol–water partition coefficient (Wildman–Crippen LogP) is 2.91. The Balaban J connectivity index is 4.76. The van der Waals surface area contributed by atoms with Gasteiger partial charge in [0.2, 0.25) is 0 Å². The second kappa shape index (κ2) is 5.62. The van der Waals surface area contributed by atoms with Crippen LogP contribution < -0.4 is 0 Å². The van der Waals surface area contributed by atoms with E-state index in [1.165, 1.54) is 0 Å². The van der Waals surface area contributed by atoms with Crippen LogP contribution in [0.25, 0.3) is 0 Å². The maximum absolute atomic E-state index is 7.28. The Morgan fingerprint density at radius 3 is 2.08 bits per heavy atom. The van der Waals surface area contributed by atoms with Crippen LogP contribution in [0.2, 0.25) is 0 Å². The molecule has 0 aromatic rings. The number of rotatable bonds is 2. The second-order valence-electron chi connectivity index (χ2n) is 3.42. The van der Waals surface area contributed by atoms with E-state index in [4.69, 9.17) is 5.41 Å². The third-order valence-corrected chi connectivity index (χ3v) is 1.67. The van der Waals surface area contributed by atoms with Gasteiger partial charge in [0.25, 0.3) is 0 Å². The maximum Gasteiger partial charge on any atom is 0.133 e. The van der Waals surface area contributed by atoms with Crippen LogP contribution in [-0.4, -0.2) is 17.4 Å². The molecule has 0 fully saturated rings. The smallest absolute Gasteiger partial charge is 0.133 e. The Bertz CT molecular complexity index is 235. The molecule has 74 valence electrons. The van der Waals surface area contributed by atoms with E-state index in [2.05, 4.69) is 23.8 Å². The molecule has 0 aliphatic carbocycles. The average Bonchev–Trinajstić information content (AvgIpc) is 2.00. The normalized spacial score (nSPS) is 13.8.